The minimum Gasteiger partial charge on any atom is -0.371 e. The van der Waals surface area contributed by atoms with Crippen molar-refractivity contribution in [2.75, 3.05) is 13.1 Å². The highest BCUT2D eigenvalue weighted by atomic mass is 16.7. The smallest absolute Gasteiger partial charge is 0.321 e. The molecule has 0 atom stereocenters. The van der Waals surface area contributed by atoms with Crippen LogP contribution in [0.15, 0.2) is 12.2 Å². The lowest BCUT2D eigenvalue weighted by atomic mass is 10.3. The van der Waals surface area contributed by atoms with E-state index in [0.717, 1.165) is 0 Å². The number of rotatable bonds is 5. The molecule has 5 nitrogen and oxygen atoms in total. The van der Waals surface area contributed by atoms with Gasteiger partial charge in [0.2, 0.25) is 5.91 Å². The van der Waals surface area contributed by atoms with E-state index in [4.69, 9.17) is 0 Å². The molecule has 0 radical (unpaired) electrons. The zero-order chi connectivity index (χ0) is 10.3. The van der Waals surface area contributed by atoms with Crippen molar-refractivity contribution in [3.8, 4) is 0 Å². The number of carbonyl (C=O) groups excluding carboxylic acids is 2. The highest BCUT2D eigenvalue weighted by Crippen LogP contribution is 1.83. The normalized spacial score (nSPS) is 9.08. The van der Waals surface area contributed by atoms with Crippen LogP contribution in [0.25, 0.3) is 0 Å². The van der Waals surface area contributed by atoms with Crippen molar-refractivity contribution < 1.29 is 14.4 Å². The van der Waals surface area contributed by atoms with E-state index in [9.17, 15) is 9.59 Å². The van der Waals surface area contributed by atoms with Gasteiger partial charge < -0.3 is 10.2 Å². The largest absolute Gasteiger partial charge is 0.371 e. The third kappa shape index (κ3) is 7.02. The molecule has 0 aromatic rings. The molecule has 0 heterocycles. The molecule has 0 aliphatic carbocycles. The minimum absolute atomic E-state index is 0.204. The Morgan fingerprint density at radius 2 is 1.92 bits per heavy atom. The summed E-state index contributed by atoms with van der Waals surface area (Å²) in [5.41, 5.74) is 2.84. The Morgan fingerprint density at radius 3 is 2.38 bits per heavy atom. The first-order chi connectivity index (χ1) is 6.04. The van der Waals surface area contributed by atoms with Crippen LogP contribution in [0.2, 0.25) is 0 Å². The summed E-state index contributed by atoms with van der Waals surface area (Å²) < 4.78 is 0. The van der Waals surface area contributed by atoms with Crippen molar-refractivity contribution in [2.24, 2.45) is 0 Å². The number of hydrogen-bond acceptors (Lipinski definition) is 4. The first-order valence-corrected chi connectivity index (χ1v) is 3.88. The molecule has 74 valence electrons. The molecule has 0 aliphatic rings. The summed E-state index contributed by atoms with van der Waals surface area (Å²) in [4.78, 5) is 25.6. The molecule has 0 saturated heterocycles. The van der Waals surface area contributed by atoms with Gasteiger partial charge in [-0.2, -0.15) is 5.48 Å². The summed E-state index contributed by atoms with van der Waals surface area (Å²) >= 11 is 0. The molecule has 0 rings (SSSR count). The first kappa shape index (κ1) is 11.6. The summed E-state index contributed by atoms with van der Waals surface area (Å²) in [7, 11) is 0. The number of nitrogens with one attached hydrogen (secondary N) is 2. The molecule has 0 bridgehead atoms. The fourth-order valence-corrected chi connectivity index (χ4v) is 0.531. The number of amides is 1. The Kier molecular flexibility index (Phi) is 5.54. The average Bonchev–Trinajstić information content (AvgIpc) is 2.02. The average molecular weight is 186 g/mol. The molecular weight excluding hydrogens is 172 g/mol. The fourth-order valence-electron chi connectivity index (χ4n) is 0.531. The molecule has 13 heavy (non-hydrogen) atoms. The molecule has 0 aromatic carbocycles. The first-order valence-electron chi connectivity index (χ1n) is 3.88. The predicted molar refractivity (Wildman–Crippen MR) is 47.6 cm³/mol. The van der Waals surface area contributed by atoms with Gasteiger partial charge in [0.05, 0.1) is 0 Å². The van der Waals surface area contributed by atoms with E-state index in [1.807, 2.05) is 0 Å². The quantitative estimate of drug-likeness (QED) is 0.353. The summed E-state index contributed by atoms with van der Waals surface area (Å²) in [5, 5.41) is 2.56. The minimum atomic E-state index is -0.411. The van der Waals surface area contributed by atoms with E-state index in [0.29, 0.717) is 18.7 Å². The summed E-state index contributed by atoms with van der Waals surface area (Å²) in [6.45, 7) is 7.14. The maximum Gasteiger partial charge on any atom is 0.321 e. The number of hydroxylamine groups is 1. The summed E-state index contributed by atoms with van der Waals surface area (Å²) in [6.07, 6.45) is 0. The molecule has 5 heteroatoms. The van der Waals surface area contributed by atoms with Crippen LogP contribution in [-0.4, -0.2) is 25.0 Å². The molecule has 1 amide bonds. The van der Waals surface area contributed by atoms with Crippen molar-refractivity contribution in [3.05, 3.63) is 12.2 Å². The maximum atomic E-state index is 10.9. The highest BCUT2D eigenvalue weighted by molar-refractivity contribution is 5.92. The van der Waals surface area contributed by atoms with Crippen molar-refractivity contribution in [3.63, 3.8) is 0 Å². The Bertz CT molecular complexity index is 213. The van der Waals surface area contributed by atoms with Crippen LogP contribution in [0.4, 0.5) is 0 Å². The van der Waals surface area contributed by atoms with Gasteiger partial charge >= 0.3 is 5.97 Å². The fraction of sp³-hybridized carbons (Fsp3) is 0.500. The van der Waals surface area contributed by atoms with Gasteiger partial charge in [0.15, 0.2) is 0 Å². The SMILES string of the molecule is C=C(C)C(=O)NCCNOC(C)=O. The Morgan fingerprint density at radius 1 is 1.31 bits per heavy atom. The zero-order valence-electron chi connectivity index (χ0n) is 7.85. The van der Waals surface area contributed by atoms with E-state index in [1.165, 1.54) is 6.92 Å². The van der Waals surface area contributed by atoms with E-state index in [2.05, 4.69) is 22.2 Å². The van der Waals surface area contributed by atoms with Crippen molar-refractivity contribution in [2.45, 2.75) is 13.8 Å². The van der Waals surface area contributed by atoms with Crippen LogP contribution in [0.5, 0.6) is 0 Å². The van der Waals surface area contributed by atoms with Gasteiger partial charge in [0, 0.05) is 25.6 Å². The third-order valence-corrected chi connectivity index (χ3v) is 1.12. The van der Waals surface area contributed by atoms with Gasteiger partial charge in [0.25, 0.3) is 0 Å². The van der Waals surface area contributed by atoms with E-state index < -0.39 is 5.97 Å². The third-order valence-electron chi connectivity index (χ3n) is 1.12. The van der Waals surface area contributed by atoms with Gasteiger partial charge in [-0.05, 0) is 6.92 Å². The molecule has 0 aromatic heterocycles. The summed E-state index contributed by atoms with van der Waals surface area (Å²) in [5.74, 6) is -0.615. The number of carbonyl (C=O) groups is 2. The van der Waals surface area contributed by atoms with Gasteiger partial charge in [-0.1, -0.05) is 6.58 Å². The molecule has 0 spiro atoms. The van der Waals surface area contributed by atoms with Gasteiger partial charge in [-0.15, -0.1) is 0 Å². The lowest BCUT2D eigenvalue weighted by Gasteiger charge is -2.05. The van der Waals surface area contributed by atoms with Gasteiger partial charge in [-0.25, -0.2) is 0 Å². The van der Waals surface area contributed by atoms with Gasteiger partial charge in [0.1, 0.15) is 0 Å². The molecule has 2 N–H and O–H groups in total. The van der Waals surface area contributed by atoms with Crippen molar-refractivity contribution in [1.82, 2.24) is 10.8 Å². The van der Waals surface area contributed by atoms with E-state index in [-0.39, 0.29) is 5.91 Å². The van der Waals surface area contributed by atoms with Gasteiger partial charge in [-0.3, -0.25) is 9.59 Å². The van der Waals surface area contributed by atoms with Crippen molar-refractivity contribution >= 4 is 11.9 Å². The second-order valence-corrected chi connectivity index (χ2v) is 2.52. The highest BCUT2D eigenvalue weighted by Gasteiger charge is 1.99. The van der Waals surface area contributed by atoms with Crippen LogP contribution in [0.3, 0.4) is 0 Å². The van der Waals surface area contributed by atoms with Crippen LogP contribution in [-0.2, 0) is 14.4 Å². The molecule has 0 unspecified atom stereocenters. The second kappa shape index (κ2) is 6.19. The number of hydrogen-bond donors (Lipinski definition) is 2. The lowest BCUT2D eigenvalue weighted by Crippen LogP contribution is -2.32. The van der Waals surface area contributed by atoms with E-state index >= 15 is 0 Å². The van der Waals surface area contributed by atoms with Crippen molar-refractivity contribution in [1.29, 1.82) is 0 Å². The molecule has 0 fully saturated rings. The molecule has 0 aliphatic heterocycles. The van der Waals surface area contributed by atoms with E-state index in [1.54, 1.807) is 6.92 Å². The Labute approximate surface area is 77.1 Å². The standard InChI is InChI=1S/C8H14N2O3/c1-6(2)8(12)9-4-5-10-13-7(3)11/h10H,1,4-5H2,2-3H3,(H,9,12). The van der Waals surface area contributed by atoms with Crippen LogP contribution in [0, 0.1) is 0 Å². The van der Waals surface area contributed by atoms with Crippen LogP contribution in [0.1, 0.15) is 13.8 Å². The molecule has 0 saturated carbocycles. The Hall–Kier alpha value is -1.36. The monoisotopic (exact) mass is 186 g/mol. The topological polar surface area (TPSA) is 67.4 Å². The Balaban J connectivity index is 3.31. The summed E-state index contributed by atoms with van der Waals surface area (Å²) in [6, 6.07) is 0. The zero-order valence-corrected chi connectivity index (χ0v) is 7.85. The van der Waals surface area contributed by atoms with Crippen LogP contribution < -0.4 is 10.8 Å². The van der Waals surface area contributed by atoms with Crippen LogP contribution >= 0.6 is 0 Å². The second-order valence-electron chi connectivity index (χ2n) is 2.52. The predicted octanol–water partition coefficient (Wildman–Crippen LogP) is -0.254. The molecular formula is C8H14N2O3. The maximum absolute atomic E-state index is 10.9. The lowest BCUT2D eigenvalue weighted by molar-refractivity contribution is -0.148.